The first-order valence-corrected chi connectivity index (χ1v) is 13.4. The summed E-state index contributed by atoms with van der Waals surface area (Å²) < 4.78 is 35.0. The van der Waals surface area contributed by atoms with E-state index < -0.39 is 27.1 Å². The Morgan fingerprint density at radius 1 is 1.15 bits per heavy atom. The Bertz CT molecular complexity index is 1360. The fraction of sp³-hybridized carbons (Fsp3) is 0.136. The predicted molar refractivity (Wildman–Crippen MR) is 135 cm³/mol. The number of halogens is 1. The summed E-state index contributed by atoms with van der Waals surface area (Å²) >= 11 is 7.69. The van der Waals surface area contributed by atoms with E-state index in [-0.39, 0.29) is 15.8 Å². The fourth-order valence-corrected chi connectivity index (χ4v) is 6.94. The van der Waals surface area contributed by atoms with E-state index in [1.807, 2.05) is 0 Å². The van der Waals surface area contributed by atoms with Gasteiger partial charge < -0.3 is 10.1 Å². The zero-order valence-corrected chi connectivity index (χ0v) is 20.9. The van der Waals surface area contributed by atoms with Crippen LogP contribution < -0.4 is 15.0 Å². The number of thiophene rings is 1. The Balaban J connectivity index is 1.60. The largest absolute Gasteiger partial charge is 0.497 e. The number of carbonyl (C=O) groups is 2. The number of hydrogen-bond acceptors (Lipinski definition) is 7. The van der Waals surface area contributed by atoms with Gasteiger partial charge in [0.25, 0.3) is 10.0 Å². The fourth-order valence-electron chi connectivity index (χ4n) is 3.14. The van der Waals surface area contributed by atoms with E-state index in [1.165, 1.54) is 24.1 Å². The lowest BCUT2D eigenvalue weighted by Crippen LogP contribution is -2.33. The van der Waals surface area contributed by atoms with Gasteiger partial charge in [-0.15, -0.1) is 15.7 Å². The third-order valence-electron chi connectivity index (χ3n) is 4.67. The van der Waals surface area contributed by atoms with Gasteiger partial charge in [0.1, 0.15) is 15.2 Å². The highest BCUT2D eigenvalue weighted by Gasteiger charge is 2.41. The molecule has 8 nitrogen and oxygen atoms in total. The van der Waals surface area contributed by atoms with Crippen LogP contribution in [0.25, 0.3) is 0 Å². The molecule has 1 aromatic heterocycles. The number of thioether (sulfide) groups is 1. The molecule has 0 radical (unpaired) electrons. The van der Waals surface area contributed by atoms with Crippen LogP contribution in [0.5, 0.6) is 5.75 Å². The van der Waals surface area contributed by atoms with E-state index in [0.29, 0.717) is 21.5 Å². The average molecular weight is 536 g/mol. The summed E-state index contributed by atoms with van der Waals surface area (Å²) in [7, 11) is -2.58. The minimum Gasteiger partial charge on any atom is -0.497 e. The van der Waals surface area contributed by atoms with Crippen molar-refractivity contribution >= 4 is 73.1 Å². The Labute approximate surface area is 209 Å². The number of anilines is 2. The van der Waals surface area contributed by atoms with Crippen molar-refractivity contribution in [2.45, 2.75) is 15.9 Å². The molecule has 3 aromatic rings. The third kappa shape index (κ3) is 5.44. The van der Waals surface area contributed by atoms with Crippen LogP contribution in [0.4, 0.5) is 11.4 Å². The number of nitrogens with one attached hydrogen (secondary N) is 1. The Hall–Kier alpha value is -2.86. The first kappa shape index (κ1) is 24.3. The number of amides is 2. The SMILES string of the molecule is COc1cccc(NC(=O)C[C@H]2SC(=NS(=O)(=O)c3ccc(Cl)s3)N(c3ccccc3)C2=O)c1. The number of benzene rings is 2. The van der Waals surface area contributed by atoms with Gasteiger partial charge in [0.2, 0.25) is 11.8 Å². The molecule has 0 unspecified atom stereocenters. The molecule has 1 atom stereocenters. The minimum absolute atomic E-state index is 0.0279. The second-order valence-electron chi connectivity index (χ2n) is 7.01. The normalized spacial score (nSPS) is 17.2. The van der Waals surface area contributed by atoms with E-state index >= 15 is 0 Å². The summed E-state index contributed by atoms with van der Waals surface area (Å²) in [6.45, 7) is 0. The maximum Gasteiger partial charge on any atom is 0.294 e. The third-order valence-corrected chi connectivity index (χ3v) is 8.89. The summed E-state index contributed by atoms with van der Waals surface area (Å²) in [6.07, 6.45) is -0.173. The van der Waals surface area contributed by atoms with Crippen molar-refractivity contribution in [3.63, 3.8) is 0 Å². The van der Waals surface area contributed by atoms with Crippen LogP contribution in [0, 0.1) is 0 Å². The molecule has 1 N–H and O–H groups in total. The number of ether oxygens (including phenoxy) is 1. The summed E-state index contributed by atoms with van der Waals surface area (Å²) in [5.41, 5.74) is 0.972. The first-order chi connectivity index (χ1) is 16.3. The summed E-state index contributed by atoms with van der Waals surface area (Å²) in [6, 6.07) is 18.2. The van der Waals surface area contributed by atoms with E-state index in [2.05, 4.69) is 9.71 Å². The standard InChI is InChI=1S/C22H18ClN3O5S3/c1-31-16-9-5-6-14(12-16)24-19(27)13-17-21(28)26(15-7-3-2-4-8-15)22(32-17)25-34(29,30)20-11-10-18(23)33-20/h2-12,17H,13H2,1H3,(H,24,27)/t17-/m1/s1. The van der Waals surface area contributed by atoms with Crippen molar-refractivity contribution in [3.05, 3.63) is 71.1 Å². The lowest BCUT2D eigenvalue weighted by Gasteiger charge is -2.16. The van der Waals surface area contributed by atoms with Gasteiger partial charge in [-0.1, -0.05) is 47.6 Å². The Morgan fingerprint density at radius 2 is 1.91 bits per heavy atom. The zero-order valence-electron chi connectivity index (χ0n) is 17.7. The molecular formula is C22H18ClN3O5S3. The lowest BCUT2D eigenvalue weighted by atomic mass is 10.2. The lowest BCUT2D eigenvalue weighted by molar-refractivity contribution is -0.121. The van der Waals surface area contributed by atoms with Crippen LogP contribution in [0.2, 0.25) is 4.34 Å². The van der Waals surface area contributed by atoms with E-state index in [0.717, 1.165) is 23.1 Å². The first-order valence-electron chi connectivity index (χ1n) is 9.87. The maximum absolute atomic E-state index is 13.2. The van der Waals surface area contributed by atoms with Crippen molar-refractivity contribution in [1.29, 1.82) is 0 Å². The molecule has 1 saturated heterocycles. The second-order valence-corrected chi connectivity index (χ2v) is 11.7. The number of para-hydroxylation sites is 1. The molecule has 0 bridgehead atoms. The number of rotatable bonds is 7. The second kappa shape index (κ2) is 10.2. The summed E-state index contributed by atoms with van der Waals surface area (Å²) in [4.78, 5) is 27.1. The van der Waals surface area contributed by atoms with Gasteiger partial charge in [-0.3, -0.25) is 14.5 Å². The molecule has 2 amide bonds. The molecule has 12 heteroatoms. The number of nitrogens with zero attached hydrogens (tertiary/aromatic N) is 2. The quantitative estimate of drug-likeness (QED) is 0.473. The van der Waals surface area contributed by atoms with Gasteiger partial charge >= 0.3 is 0 Å². The molecular weight excluding hydrogens is 518 g/mol. The molecule has 34 heavy (non-hydrogen) atoms. The molecule has 1 aliphatic heterocycles. The topological polar surface area (TPSA) is 105 Å². The molecule has 1 aliphatic rings. The Morgan fingerprint density at radius 3 is 2.59 bits per heavy atom. The summed E-state index contributed by atoms with van der Waals surface area (Å²) in [5.74, 6) is -0.260. The maximum atomic E-state index is 13.2. The highest BCUT2D eigenvalue weighted by Crippen LogP contribution is 2.36. The van der Waals surface area contributed by atoms with Gasteiger partial charge in [-0.2, -0.15) is 8.42 Å². The van der Waals surface area contributed by atoms with Crippen LogP contribution in [-0.2, 0) is 19.6 Å². The van der Waals surface area contributed by atoms with E-state index in [4.69, 9.17) is 16.3 Å². The number of hydrogen-bond donors (Lipinski definition) is 1. The van der Waals surface area contributed by atoms with Crippen LogP contribution in [0.15, 0.2) is 75.3 Å². The van der Waals surface area contributed by atoms with Gasteiger partial charge in [0.05, 0.1) is 17.1 Å². The van der Waals surface area contributed by atoms with Gasteiger partial charge in [-0.05, 0) is 36.4 Å². The van der Waals surface area contributed by atoms with Crippen molar-refractivity contribution in [2.75, 3.05) is 17.3 Å². The highest BCUT2D eigenvalue weighted by molar-refractivity contribution is 8.16. The van der Waals surface area contributed by atoms with Crippen LogP contribution in [-0.4, -0.2) is 37.8 Å². The van der Waals surface area contributed by atoms with E-state index in [1.54, 1.807) is 54.6 Å². The average Bonchev–Trinajstić information content (AvgIpc) is 3.38. The molecule has 1 fully saturated rings. The van der Waals surface area contributed by atoms with Gasteiger partial charge in [-0.25, -0.2) is 0 Å². The Kier molecular flexibility index (Phi) is 7.27. The number of methoxy groups -OCH3 is 1. The van der Waals surface area contributed by atoms with Gasteiger partial charge in [0, 0.05) is 18.2 Å². The zero-order chi connectivity index (χ0) is 24.3. The predicted octanol–water partition coefficient (Wildman–Crippen LogP) is 4.63. The molecule has 2 heterocycles. The van der Waals surface area contributed by atoms with Crippen LogP contribution in [0.1, 0.15) is 6.42 Å². The van der Waals surface area contributed by atoms with Crippen molar-refractivity contribution in [3.8, 4) is 5.75 Å². The summed E-state index contributed by atoms with van der Waals surface area (Å²) in [5, 5.41) is 1.85. The molecule has 0 aliphatic carbocycles. The smallest absolute Gasteiger partial charge is 0.294 e. The molecule has 0 saturated carbocycles. The van der Waals surface area contributed by atoms with Crippen LogP contribution >= 0.6 is 34.7 Å². The molecule has 176 valence electrons. The van der Waals surface area contributed by atoms with E-state index in [9.17, 15) is 18.0 Å². The number of sulfonamides is 1. The van der Waals surface area contributed by atoms with Crippen molar-refractivity contribution in [2.24, 2.45) is 4.40 Å². The van der Waals surface area contributed by atoms with Crippen molar-refractivity contribution in [1.82, 2.24) is 0 Å². The monoisotopic (exact) mass is 535 g/mol. The molecule has 0 spiro atoms. The highest BCUT2D eigenvalue weighted by atomic mass is 35.5. The van der Waals surface area contributed by atoms with Gasteiger partial charge in [0.15, 0.2) is 5.17 Å². The minimum atomic E-state index is -4.10. The molecule has 2 aromatic carbocycles. The van der Waals surface area contributed by atoms with Crippen molar-refractivity contribution < 1.29 is 22.7 Å². The molecule has 4 rings (SSSR count). The number of amidine groups is 1. The van der Waals surface area contributed by atoms with Crippen LogP contribution in [0.3, 0.4) is 0 Å². The number of carbonyl (C=O) groups excluding carboxylic acids is 2.